The van der Waals surface area contributed by atoms with Gasteiger partial charge in [-0.25, -0.2) is 0 Å². The maximum Gasteiger partial charge on any atom is 3.00 e. The molecular weight excluding hydrogens is 340 g/mol. The molecule has 5 N–H and O–H groups in total. The van der Waals surface area contributed by atoms with Gasteiger partial charge in [-0.3, -0.25) is 0 Å². The molecule has 0 spiro atoms. The van der Waals surface area contributed by atoms with Crippen LogP contribution in [0.2, 0.25) is 0 Å². The number of hydrogen-bond donors (Lipinski definition) is 1. The SMILES string of the molecule is O=[N+]([O-])O.[Cl-].[Cl-].[NH-]CC[NH-].[NH-]CC[NH-].[Rh+3]. The summed E-state index contributed by atoms with van der Waals surface area (Å²) in [7, 11) is 0. The Kier molecular flexibility index (Phi) is 115. The second kappa shape index (κ2) is 47.6. The molecule has 0 rings (SSSR count). The topological polar surface area (TPSA) is 159 Å². The minimum absolute atomic E-state index is 0. The Bertz CT molecular complexity index is 82.7. The van der Waals surface area contributed by atoms with Crippen molar-refractivity contribution in [2.45, 2.75) is 0 Å². The largest absolute Gasteiger partial charge is 3.00 e. The van der Waals surface area contributed by atoms with E-state index in [1.54, 1.807) is 0 Å². The predicted octanol–water partition coefficient (Wildman–Crippen LogP) is -4.16. The Morgan fingerprint density at radius 1 is 0.933 bits per heavy atom. The van der Waals surface area contributed by atoms with E-state index in [1.165, 1.54) is 0 Å². The Hall–Kier alpha value is 0.243. The molecule has 0 aromatic rings. The third kappa shape index (κ3) is 424. The molecule has 0 aliphatic carbocycles. The Balaban J connectivity index is -0.0000000184. The fourth-order valence-corrected chi connectivity index (χ4v) is 0. The van der Waals surface area contributed by atoms with E-state index in [9.17, 15) is 0 Å². The first-order valence-corrected chi connectivity index (χ1v) is 2.98. The summed E-state index contributed by atoms with van der Waals surface area (Å²) in [5.74, 6) is 0. The van der Waals surface area contributed by atoms with Gasteiger partial charge in [0.1, 0.15) is 0 Å². The zero-order chi connectivity index (χ0) is 10.4. The zero-order valence-corrected chi connectivity index (χ0v) is 10.8. The molecule has 0 saturated heterocycles. The fraction of sp³-hybridized carbons (Fsp3) is 1.00. The molecule has 0 atom stereocenters. The summed E-state index contributed by atoms with van der Waals surface area (Å²) in [5.41, 5.74) is 25.1. The average molecular weight is 353 g/mol. The van der Waals surface area contributed by atoms with Crippen LogP contribution in [0.4, 0.5) is 0 Å². The summed E-state index contributed by atoms with van der Waals surface area (Å²) in [5, 5.41) is 13.6. The first-order chi connectivity index (χ1) is 5.56. The van der Waals surface area contributed by atoms with Crippen LogP contribution in [0, 0.1) is 10.1 Å². The van der Waals surface area contributed by atoms with Crippen LogP contribution in [0.1, 0.15) is 0 Å². The summed E-state index contributed by atoms with van der Waals surface area (Å²) < 4.78 is 0. The van der Waals surface area contributed by atoms with Crippen molar-refractivity contribution in [2.75, 3.05) is 26.2 Å². The van der Waals surface area contributed by atoms with Crippen LogP contribution >= 0.6 is 0 Å². The van der Waals surface area contributed by atoms with Gasteiger partial charge in [0, 0.05) is 0 Å². The third-order valence-electron chi connectivity index (χ3n) is 0.250. The number of halogens is 2. The maximum absolute atomic E-state index is 8.36. The van der Waals surface area contributed by atoms with Gasteiger partial charge in [-0.2, -0.15) is 26.2 Å². The van der Waals surface area contributed by atoms with Gasteiger partial charge in [0.15, 0.2) is 0 Å². The number of nitrogens with one attached hydrogen (secondary N) is 4. The maximum atomic E-state index is 8.36. The van der Waals surface area contributed by atoms with Crippen LogP contribution in [0.15, 0.2) is 0 Å². The molecule has 0 bridgehead atoms. The van der Waals surface area contributed by atoms with Crippen LogP contribution in [0.25, 0.3) is 22.9 Å². The molecule has 0 amide bonds. The van der Waals surface area contributed by atoms with Gasteiger partial charge in [-0.1, -0.05) is 0 Å². The summed E-state index contributed by atoms with van der Waals surface area (Å²) in [6.45, 7) is 0.944. The van der Waals surface area contributed by atoms with Crippen LogP contribution in [-0.2, 0) is 19.5 Å². The van der Waals surface area contributed by atoms with Crippen molar-refractivity contribution in [1.29, 1.82) is 0 Å². The molecule has 0 radical (unpaired) electrons. The van der Waals surface area contributed by atoms with Crippen LogP contribution < -0.4 is 24.8 Å². The first-order valence-electron chi connectivity index (χ1n) is 2.98. The molecule has 0 aromatic heterocycles. The fourth-order valence-electron chi connectivity index (χ4n) is 0. The van der Waals surface area contributed by atoms with E-state index < -0.39 is 5.09 Å². The molecule has 0 heterocycles. The van der Waals surface area contributed by atoms with Gasteiger partial charge in [0.05, 0.1) is 0 Å². The summed E-state index contributed by atoms with van der Waals surface area (Å²) >= 11 is 0. The van der Waals surface area contributed by atoms with E-state index in [1.807, 2.05) is 0 Å². The second-order valence-electron chi connectivity index (χ2n) is 1.24. The van der Waals surface area contributed by atoms with Gasteiger partial charge in [-0.15, -0.1) is 10.1 Å². The number of rotatable bonds is 2. The minimum Gasteiger partial charge on any atom is -1.00 e. The molecule has 0 unspecified atom stereocenters. The third-order valence-corrected chi connectivity index (χ3v) is 0.250. The van der Waals surface area contributed by atoms with E-state index in [-0.39, 0.29) is 70.5 Å². The Morgan fingerprint density at radius 3 is 1.00 bits per heavy atom. The van der Waals surface area contributed by atoms with E-state index in [0.717, 1.165) is 0 Å². The van der Waals surface area contributed by atoms with Gasteiger partial charge >= 0.3 is 19.5 Å². The van der Waals surface area contributed by atoms with Crippen molar-refractivity contribution < 1.29 is 54.6 Å². The van der Waals surface area contributed by atoms with Crippen molar-refractivity contribution in [1.82, 2.24) is 0 Å². The van der Waals surface area contributed by atoms with E-state index >= 15 is 0 Å². The van der Waals surface area contributed by atoms with E-state index in [2.05, 4.69) is 0 Å². The quantitative estimate of drug-likeness (QED) is 0.304. The zero-order valence-electron chi connectivity index (χ0n) is 7.63. The molecule has 0 aromatic carbocycles. The monoisotopic (exact) mass is 352 g/mol. The van der Waals surface area contributed by atoms with Crippen molar-refractivity contribution in [3.05, 3.63) is 33.0 Å². The van der Waals surface area contributed by atoms with Crippen LogP contribution in [0.5, 0.6) is 0 Å². The Morgan fingerprint density at radius 2 is 1.00 bits per heavy atom. The Labute approximate surface area is 114 Å². The molecule has 98 valence electrons. The molecular formula is C4H13Cl2N5O3Rh-3. The van der Waals surface area contributed by atoms with Gasteiger partial charge in [0.2, 0.25) is 0 Å². The molecule has 0 saturated carbocycles. The number of nitrogens with zero attached hydrogens (tertiary/aromatic N) is 1. The van der Waals surface area contributed by atoms with Gasteiger partial charge in [0.25, 0.3) is 5.09 Å². The second-order valence-corrected chi connectivity index (χ2v) is 1.24. The molecule has 8 nitrogen and oxygen atoms in total. The minimum atomic E-state index is -1.50. The summed E-state index contributed by atoms with van der Waals surface area (Å²) in [6, 6.07) is 0. The van der Waals surface area contributed by atoms with E-state index in [4.69, 9.17) is 38.3 Å². The molecule has 15 heavy (non-hydrogen) atoms. The van der Waals surface area contributed by atoms with Crippen LogP contribution in [0.3, 0.4) is 0 Å². The molecule has 0 aliphatic heterocycles. The normalized spacial score (nSPS) is 5.60. The van der Waals surface area contributed by atoms with Gasteiger partial charge < -0.3 is 53.0 Å². The van der Waals surface area contributed by atoms with Crippen molar-refractivity contribution in [2.24, 2.45) is 0 Å². The van der Waals surface area contributed by atoms with E-state index in [0.29, 0.717) is 0 Å². The van der Waals surface area contributed by atoms with Crippen molar-refractivity contribution >= 4 is 0 Å². The van der Waals surface area contributed by atoms with Crippen LogP contribution in [-0.4, -0.2) is 36.5 Å². The summed E-state index contributed by atoms with van der Waals surface area (Å²) in [6.07, 6.45) is 0. The molecule has 0 fully saturated rings. The smallest absolute Gasteiger partial charge is 1.00 e. The molecule has 0 aliphatic rings. The first kappa shape index (κ1) is 36.2. The average Bonchev–Trinajstić information content (AvgIpc) is 2.03. The number of hydrogen-bond acceptors (Lipinski definition) is 2. The standard InChI is InChI=1S/2C2H6N2.2ClH.HNO3.Rh/c2*3-1-2-4;;;2-1(3)4;/h2*3-4H,1-2H2;2*1H;(H,2,3,4);/q2*-2;;;;+3/p-2. The van der Waals surface area contributed by atoms with Crippen molar-refractivity contribution in [3.8, 4) is 0 Å². The molecule has 11 heteroatoms. The summed E-state index contributed by atoms with van der Waals surface area (Å²) in [4.78, 5) is 8.36. The van der Waals surface area contributed by atoms with Gasteiger partial charge in [-0.05, 0) is 0 Å². The van der Waals surface area contributed by atoms with Crippen molar-refractivity contribution in [3.63, 3.8) is 0 Å². The predicted molar refractivity (Wildman–Crippen MR) is 45.5 cm³/mol.